The van der Waals surface area contributed by atoms with Crippen LogP contribution < -0.4 is 5.32 Å². The third-order valence-corrected chi connectivity index (χ3v) is 5.35. The van der Waals surface area contributed by atoms with Gasteiger partial charge in [0.1, 0.15) is 12.4 Å². The summed E-state index contributed by atoms with van der Waals surface area (Å²) in [6, 6.07) is 21.3. The number of ether oxygens (including phenoxy) is 1. The number of fused-ring (bicyclic) bond motifs is 3. The molecule has 1 aliphatic carbocycles. The van der Waals surface area contributed by atoms with Crippen LogP contribution in [-0.4, -0.2) is 24.4 Å². The Morgan fingerprint density at radius 1 is 1.03 bits per heavy atom. The van der Waals surface area contributed by atoms with Gasteiger partial charge in [-0.1, -0.05) is 72.0 Å². The molecule has 0 aromatic heterocycles. The number of hydrogen-bond donors (Lipinski definition) is 2. The van der Waals surface area contributed by atoms with Gasteiger partial charge in [0.05, 0.1) is 5.02 Å². The number of amides is 1. The molecular weight excluding hydrogens is 398 g/mol. The Morgan fingerprint density at radius 2 is 1.70 bits per heavy atom. The predicted octanol–water partition coefficient (Wildman–Crippen LogP) is 5.33. The average molecular weight is 418 g/mol. The van der Waals surface area contributed by atoms with Crippen LogP contribution >= 0.6 is 11.6 Å². The molecule has 2 N–H and O–H groups in total. The van der Waals surface area contributed by atoms with Crippen molar-refractivity contribution in [2.75, 3.05) is 13.2 Å². The minimum Gasteiger partial charge on any atom is -0.506 e. The lowest BCUT2D eigenvalue weighted by Crippen LogP contribution is -2.26. The van der Waals surface area contributed by atoms with Gasteiger partial charge in [-0.2, -0.15) is 0 Å². The molecule has 3 aromatic carbocycles. The predicted molar refractivity (Wildman–Crippen MR) is 118 cm³/mol. The number of hydrogen-bond acceptors (Lipinski definition) is 3. The van der Waals surface area contributed by atoms with Gasteiger partial charge in [0.2, 0.25) is 0 Å². The standard InChI is InChI=1S/C25H20ClNO3/c26-23-15-17(12-13-24(23)28)7-5-6-14-27-25(29)30-16-22-20-10-3-1-8-18(20)19-9-2-4-11-21(19)22/h1-4,8-13,15,22,28H,6,14,16H2,(H,27,29). The Bertz CT molecular complexity index is 1100. The van der Waals surface area contributed by atoms with E-state index in [1.807, 2.05) is 24.3 Å². The van der Waals surface area contributed by atoms with Crippen molar-refractivity contribution in [2.45, 2.75) is 12.3 Å². The van der Waals surface area contributed by atoms with Gasteiger partial charge >= 0.3 is 6.09 Å². The van der Waals surface area contributed by atoms with Gasteiger partial charge in [0.25, 0.3) is 0 Å². The molecule has 0 heterocycles. The molecule has 5 heteroatoms. The van der Waals surface area contributed by atoms with Crippen molar-refractivity contribution >= 4 is 17.7 Å². The Hall–Kier alpha value is -3.42. The van der Waals surface area contributed by atoms with E-state index in [-0.39, 0.29) is 23.3 Å². The number of phenolic OH excluding ortho intramolecular Hbond substituents is 1. The number of halogens is 1. The molecule has 0 aliphatic heterocycles. The zero-order valence-corrected chi connectivity index (χ0v) is 16.9. The van der Waals surface area contributed by atoms with E-state index < -0.39 is 6.09 Å². The van der Waals surface area contributed by atoms with E-state index in [1.165, 1.54) is 28.3 Å². The van der Waals surface area contributed by atoms with E-state index in [1.54, 1.807) is 12.1 Å². The maximum Gasteiger partial charge on any atom is 0.407 e. The van der Waals surface area contributed by atoms with Crippen LogP contribution in [0, 0.1) is 11.8 Å². The maximum absolute atomic E-state index is 12.1. The number of alkyl carbamates (subject to hydrolysis) is 1. The topological polar surface area (TPSA) is 58.6 Å². The fourth-order valence-electron chi connectivity index (χ4n) is 3.63. The van der Waals surface area contributed by atoms with Crippen molar-refractivity contribution in [1.82, 2.24) is 5.32 Å². The Balaban J connectivity index is 1.29. The monoisotopic (exact) mass is 417 g/mol. The molecular formula is C25H20ClNO3. The zero-order chi connectivity index (χ0) is 20.9. The van der Waals surface area contributed by atoms with E-state index in [2.05, 4.69) is 41.4 Å². The largest absolute Gasteiger partial charge is 0.506 e. The molecule has 0 radical (unpaired) electrons. The van der Waals surface area contributed by atoms with E-state index >= 15 is 0 Å². The lowest BCUT2D eigenvalue weighted by molar-refractivity contribution is 0.143. The molecule has 0 bridgehead atoms. The highest BCUT2D eigenvalue weighted by Gasteiger charge is 2.28. The number of aromatic hydroxyl groups is 1. The fraction of sp³-hybridized carbons (Fsp3) is 0.160. The number of nitrogens with one attached hydrogen (secondary N) is 1. The summed E-state index contributed by atoms with van der Waals surface area (Å²) in [4.78, 5) is 12.1. The summed E-state index contributed by atoms with van der Waals surface area (Å²) >= 11 is 5.86. The van der Waals surface area contributed by atoms with Gasteiger partial charge in [-0.3, -0.25) is 0 Å². The number of carbonyl (C=O) groups is 1. The summed E-state index contributed by atoms with van der Waals surface area (Å²) in [7, 11) is 0. The highest BCUT2D eigenvalue weighted by Crippen LogP contribution is 2.44. The van der Waals surface area contributed by atoms with Gasteiger partial charge in [0, 0.05) is 24.4 Å². The van der Waals surface area contributed by atoms with Crippen molar-refractivity contribution in [3.8, 4) is 28.7 Å². The molecule has 30 heavy (non-hydrogen) atoms. The van der Waals surface area contributed by atoms with Crippen molar-refractivity contribution in [3.05, 3.63) is 88.4 Å². The summed E-state index contributed by atoms with van der Waals surface area (Å²) < 4.78 is 5.49. The molecule has 150 valence electrons. The van der Waals surface area contributed by atoms with Crippen molar-refractivity contribution in [1.29, 1.82) is 0 Å². The highest BCUT2D eigenvalue weighted by atomic mass is 35.5. The van der Waals surface area contributed by atoms with Crippen LogP contribution in [0.2, 0.25) is 5.02 Å². The molecule has 1 aliphatic rings. The van der Waals surface area contributed by atoms with Crippen LogP contribution in [0.3, 0.4) is 0 Å². The Morgan fingerprint density at radius 3 is 2.37 bits per heavy atom. The summed E-state index contributed by atoms with van der Waals surface area (Å²) in [6.45, 7) is 0.674. The second-order valence-corrected chi connectivity index (χ2v) is 7.38. The van der Waals surface area contributed by atoms with Crippen molar-refractivity contribution in [3.63, 3.8) is 0 Å². The lowest BCUT2D eigenvalue weighted by Gasteiger charge is -2.14. The second kappa shape index (κ2) is 8.94. The summed E-state index contributed by atoms with van der Waals surface area (Å²) in [6.07, 6.45) is 0.0224. The first-order chi connectivity index (χ1) is 14.6. The first kappa shape index (κ1) is 19.9. The van der Waals surface area contributed by atoms with Gasteiger partial charge in [0.15, 0.2) is 0 Å². The van der Waals surface area contributed by atoms with Crippen molar-refractivity contribution < 1.29 is 14.6 Å². The molecule has 4 rings (SSSR count). The molecule has 0 atom stereocenters. The van der Waals surface area contributed by atoms with E-state index in [0.717, 1.165) is 0 Å². The molecule has 0 saturated heterocycles. The van der Waals surface area contributed by atoms with Gasteiger partial charge in [-0.05, 0) is 40.5 Å². The molecule has 1 amide bonds. The van der Waals surface area contributed by atoms with Crippen LogP contribution in [-0.2, 0) is 4.74 Å². The summed E-state index contributed by atoms with van der Waals surface area (Å²) in [5.74, 6) is 5.98. The van der Waals surface area contributed by atoms with Crippen LogP contribution in [0.5, 0.6) is 5.75 Å². The fourth-order valence-corrected chi connectivity index (χ4v) is 3.81. The van der Waals surface area contributed by atoms with Gasteiger partial charge in [-0.25, -0.2) is 4.79 Å². The number of benzene rings is 3. The first-order valence-corrected chi connectivity index (χ1v) is 10.1. The molecule has 0 unspecified atom stereocenters. The highest BCUT2D eigenvalue weighted by molar-refractivity contribution is 6.32. The lowest BCUT2D eigenvalue weighted by atomic mass is 9.98. The number of phenols is 1. The summed E-state index contributed by atoms with van der Waals surface area (Å²) in [5.41, 5.74) is 5.48. The Labute approximate surface area is 180 Å². The SMILES string of the molecule is O=C(NCCC#Cc1ccc(O)c(Cl)c1)OCC1c2ccccc2-c2ccccc21. The number of rotatable bonds is 4. The van der Waals surface area contributed by atoms with E-state index in [9.17, 15) is 9.90 Å². The molecule has 0 fully saturated rings. The third-order valence-electron chi connectivity index (χ3n) is 5.04. The minimum atomic E-state index is -0.452. The van der Waals surface area contributed by atoms with Crippen molar-refractivity contribution in [2.24, 2.45) is 0 Å². The first-order valence-electron chi connectivity index (χ1n) is 9.69. The van der Waals surface area contributed by atoms with Gasteiger partial charge < -0.3 is 15.2 Å². The smallest absolute Gasteiger partial charge is 0.407 e. The number of carbonyl (C=O) groups excluding carboxylic acids is 1. The quantitative estimate of drug-likeness (QED) is 0.445. The molecule has 3 aromatic rings. The zero-order valence-electron chi connectivity index (χ0n) is 16.2. The van der Waals surface area contributed by atoms with E-state index in [4.69, 9.17) is 16.3 Å². The molecule has 0 spiro atoms. The third kappa shape index (κ3) is 4.27. The Kier molecular flexibility index (Phi) is 5.92. The second-order valence-electron chi connectivity index (χ2n) is 6.97. The van der Waals surface area contributed by atoms with Crippen LogP contribution in [0.25, 0.3) is 11.1 Å². The van der Waals surface area contributed by atoms with Crippen LogP contribution in [0.15, 0.2) is 66.7 Å². The van der Waals surface area contributed by atoms with Crippen LogP contribution in [0.4, 0.5) is 4.79 Å². The van der Waals surface area contributed by atoms with Gasteiger partial charge in [-0.15, -0.1) is 0 Å². The summed E-state index contributed by atoms with van der Waals surface area (Å²) in [5, 5.41) is 12.4. The molecule has 4 nitrogen and oxygen atoms in total. The van der Waals surface area contributed by atoms with Crippen LogP contribution in [0.1, 0.15) is 29.0 Å². The minimum absolute atomic E-state index is 0.0270. The molecule has 0 saturated carbocycles. The average Bonchev–Trinajstić information content (AvgIpc) is 3.08. The maximum atomic E-state index is 12.1. The normalized spacial score (nSPS) is 11.8. The van der Waals surface area contributed by atoms with E-state index in [0.29, 0.717) is 18.5 Å².